The molecular formula is C12H17OP. The number of aliphatic hydroxyl groups excluding tert-OH is 1. The minimum atomic E-state index is 0.0305. The van der Waals surface area contributed by atoms with E-state index in [1.807, 2.05) is 0 Å². The van der Waals surface area contributed by atoms with Crippen molar-refractivity contribution in [3.63, 3.8) is 0 Å². The summed E-state index contributed by atoms with van der Waals surface area (Å²) in [7, 11) is 0.0305. The van der Waals surface area contributed by atoms with E-state index >= 15 is 0 Å². The molecule has 2 rings (SSSR count). The van der Waals surface area contributed by atoms with Crippen molar-refractivity contribution in [2.24, 2.45) is 0 Å². The maximum Gasteiger partial charge on any atom is 0.0437 e. The average molecular weight is 208 g/mol. The summed E-state index contributed by atoms with van der Waals surface area (Å²) in [6, 6.07) is 10.8. The molecule has 1 saturated heterocycles. The molecule has 0 aromatic heterocycles. The second-order valence-corrected chi connectivity index (χ2v) is 6.47. The Bertz CT molecular complexity index is 273. The fourth-order valence-corrected chi connectivity index (χ4v) is 5.29. The lowest BCUT2D eigenvalue weighted by Gasteiger charge is -2.19. The van der Waals surface area contributed by atoms with Gasteiger partial charge in [0.2, 0.25) is 0 Å². The fourth-order valence-electron chi connectivity index (χ4n) is 2.24. The molecule has 0 spiro atoms. The van der Waals surface area contributed by atoms with Crippen LogP contribution in [0, 0.1) is 0 Å². The van der Waals surface area contributed by atoms with Gasteiger partial charge in [0.1, 0.15) is 0 Å². The lowest BCUT2D eigenvalue weighted by atomic mass is 10.2. The molecule has 14 heavy (non-hydrogen) atoms. The van der Waals surface area contributed by atoms with Gasteiger partial charge in [0, 0.05) is 6.61 Å². The van der Waals surface area contributed by atoms with E-state index in [9.17, 15) is 0 Å². The SMILES string of the molecule is OCCC1CCCP1c1ccccc1. The molecule has 2 unspecified atom stereocenters. The minimum absolute atomic E-state index is 0.0305. The van der Waals surface area contributed by atoms with E-state index < -0.39 is 0 Å². The van der Waals surface area contributed by atoms with E-state index in [0.717, 1.165) is 12.1 Å². The topological polar surface area (TPSA) is 20.2 Å². The van der Waals surface area contributed by atoms with Crippen molar-refractivity contribution in [2.45, 2.75) is 24.9 Å². The molecule has 1 aliphatic rings. The Balaban J connectivity index is 2.10. The Morgan fingerprint density at radius 2 is 2.07 bits per heavy atom. The van der Waals surface area contributed by atoms with Crippen molar-refractivity contribution in [3.05, 3.63) is 30.3 Å². The molecular weight excluding hydrogens is 191 g/mol. The summed E-state index contributed by atoms with van der Waals surface area (Å²) >= 11 is 0. The highest BCUT2D eigenvalue weighted by atomic mass is 31.1. The first-order valence-electron chi connectivity index (χ1n) is 5.34. The van der Waals surface area contributed by atoms with Crippen LogP contribution in [0.2, 0.25) is 0 Å². The summed E-state index contributed by atoms with van der Waals surface area (Å²) in [5.74, 6) is 0. The summed E-state index contributed by atoms with van der Waals surface area (Å²) in [5.41, 5.74) is 0.775. The molecule has 76 valence electrons. The summed E-state index contributed by atoms with van der Waals surface area (Å²) in [5, 5.41) is 10.5. The van der Waals surface area contributed by atoms with E-state index in [1.165, 1.54) is 24.3 Å². The highest BCUT2D eigenvalue weighted by Crippen LogP contribution is 2.50. The molecule has 1 aromatic rings. The highest BCUT2D eigenvalue weighted by Gasteiger charge is 2.26. The molecule has 0 bridgehead atoms. The predicted octanol–water partition coefficient (Wildman–Crippen LogP) is 2.34. The van der Waals surface area contributed by atoms with Crippen LogP contribution in [0.4, 0.5) is 0 Å². The van der Waals surface area contributed by atoms with Crippen molar-refractivity contribution in [3.8, 4) is 0 Å². The van der Waals surface area contributed by atoms with E-state index in [-0.39, 0.29) is 7.92 Å². The van der Waals surface area contributed by atoms with Gasteiger partial charge < -0.3 is 5.11 Å². The standard InChI is InChI=1S/C12H17OP/c13-9-8-12-7-4-10-14(12)11-5-2-1-3-6-11/h1-3,5-6,12-13H,4,7-10H2. The summed E-state index contributed by atoms with van der Waals surface area (Å²) in [4.78, 5) is 0. The zero-order chi connectivity index (χ0) is 9.80. The van der Waals surface area contributed by atoms with Crippen LogP contribution in [0.25, 0.3) is 0 Å². The molecule has 1 aromatic carbocycles. The Labute approximate surface area is 86.9 Å². The van der Waals surface area contributed by atoms with Gasteiger partial charge in [0.25, 0.3) is 0 Å². The van der Waals surface area contributed by atoms with Gasteiger partial charge in [-0.25, -0.2) is 0 Å². The second-order valence-electron chi connectivity index (χ2n) is 3.84. The van der Waals surface area contributed by atoms with Gasteiger partial charge in [-0.1, -0.05) is 38.3 Å². The van der Waals surface area contributed by atoms with Crippen LogP contribution in [0.5, 0.6) is 0 Å². The van der Waals surface area contributed by atoms with Gasteiger partial charge in [0.15, 0.2) is 0 Å². The second kappa shape index (κ2) is 4.91. The number of hydrogen-bond donors (Lipinski definition) is 1. The van der Waals surface area contributed by atoms with Crippen LogP contribution >= 0.6 is 7.92 Å². The lowest BCUT2D eigenvalue weighted by molar-refractivity contribution is 0.286. The van der Waals surface area contributed by atoms with E-state index in [0.29, 0.717) is 6.61 Å². The molecule has 1 aliphatic heterocycles. The lowest BCUT2D eigenvalue weighted by Crippen LogP contribution is -2.10. The third-order valence-corrected chi connectivity index (χ3v) is 6.08. The number of hydrogen-bond acceptors (Lipinski definition) is 1. The van der Waals surface area contributed by atoms with Gasteiger partial charge in [-0.15, -0.1) is 0 Å². The Kier molecular flexibility index (Phi) is 3.55. The smallest absolute Gasteiger partial charge is 0.0437 e. The number of rotatable bonds is 3. The number of aliphatic hydroxyl groups is 1. The Morgan fingerprint density at radius 3 is 2.79 bits per heavy atom. The van der Waals surface area contributed by atoms with E-state index in [4.69, 9.17) is 5.11 Å². The van der Waals surface area contributed by atoms with E-state index in [1.54, 1.807) is 0 Å². The van der Waals surface area contributed by atoms with Gasteiger partial charge in [-0.3, -0.25) is 0 Å². The van der Waals surface area contributed by atoms with Crippen LogP contribution < -0.4 is 5.30 Å². The Morgan fingerprint density at radius 1 is 1.29 bits per heavy atom. The quantitative estimate of drug-likeness (QED) is 0.756. The minimum Gasteiger partial charge on any atom is -0.396 e. The van der Waals surface area contributed by atoms with E-state index in [2.05, 4.69) is 30.3 Å². The Hall–Kier alpha value is -0.390. The normalized spacial score (nSPS) is 26.6. The molecule has 0 saturated carbocycles. The van der Waals surface area contributed by atoms with Crippen molar-refractivity contribution in [1.82, 2.24) is 0 Å². The van der Waals surface area contributed by atoms with Crippen LogP contribution in [0.1, 0.15) is 19.3 Å². The van der Waals surface area contributed by atoms with Gasteiger partial charge in [0.05, 0.1) is 0 Å². The molecule has 1 fully saturated rings. The molecule has 0 aliphatic carbocycles. The maximum absolute atomic E-state index is 9.00. The maximum atomic E-state index is 9.00. The first-order valence-corrected chi connectivity index (χ1v) is 6.94. The molecule has 1 heterocycles. The molecule has 0 amide bonds. The molecule has 0 radical (unpaired) electrons. The zero-order valence-electron chi connectivity index (χ0n) is 8.39. The summed E-state index contributed by atoms with van der Waals surface area (Å²) in [6.07, 6.45) is 5.04. The monoisotopic (exact) mass is 208 g/mol. The van der Waals surface area contributed by atoms with Crippen molar-refractivity contribution in [1.29, 1.82) is 0 Å². The molecule has 1 nitrogen and oxygen atoms in total. The summed E-state index contributed by atoms with van der Waals surface area (Å²) in [6.45, 7) is 0.357. The molecule has 2 atom stereocenters. The van der Waals surface area contributed by atoms with Crippen molar-refractivity contribution >= 4 is 13.2 Å². The average Bonchev–Trinajstić information content (AvgIpc) is 2.68. The number of benzene rings is 1. The third kappa shape index (κ3) is 2.16. The van der Waals surface area contributed by atoms with Crippen molar-refractivity contribution in [2.75, 3.05) is 12.8 Å². The van der Waals surface area contributed by atoms with Crippen LogP contribution in [0.15, 0.2) is 30.3 Å². The fraction of sp³-hybridized carbons (Fsp3) is 0.500. The van der Waals surface area contributed by atoms with Gasteiger partial charge >= 0.3 is 0 Å². The third-order valence-electron chi connectivity index (χ3n) is 2.93. The molecule has 1 N–H and O–H groups in total. The largest absolute Gasteiger partial charge is 0.396 e. The predicted molar refractivity (Wildman–Crippen MR) is 62.6 cm³/mol. The summed E-state index contributed by atoms with van der Waals surface area (Å²) < 4.78 is 0. The first kappa shape index (κ1) is 10.1. The van der Waals surface area contributed by atoms with Crippen LogP contribution in [-0.4, -0.2) is 23.5 Å². The van der Waals surface area contributed by atoms with Gasteiger partial charge in [-0.2, -0.15) is 0 Å². The zero-order valence-corrected chi connectivity index (χ0v) is 9.29. The van der Waals surface area contributed by atoms with Gasteiger partial charge in [-0.05, 0) is 36.4 Å². The highest BCUT2D eigenvalue weighted by molar-refractivity contribution is 7.66. The molecule has 2 heteroatoms. The van der Waals surface area contributed by atoms with Crippen LogP contribution in [-0.2, 0) is 0 Å². The van der Waals surface area contributed by atoms with Crippen molar-refractivity contribution < 1.29 is 5.11 Å². The van der Waals surface area contributed by atoms with Crippen LogP contribution in [0.3, 0.4) is 0 Å². The first-order chi connectivity index (χ1) is 6.92.